The maximum absolute atomic E-state index is 13.2. The Kier molecular flexibility index (Phi) is 7.93. The van der Waals surface area contributed by atoms with Crippen LogP contribution in [0.1, 0.15) is 47.0 Å². The number of rotatable bonds is 8. The van der Waals surface area contributed by atoms with Crippen molar-refractivity contribution in [1.29, 1.82) is 0 Å². The zero-order valence-electron chi connectivity index (χ0n) is 20.5. The number of primary amides is 1. The number of ether oxygens (including phenoxy) is 2. The van der Waals surface area contributed by atoms with Crippen molar-refractivity contribution >= 4 is 29.4 Å². The third-order valence-electron chi connectivity index (χ3n) is 5.74. The van der Waals surface area contributed by atoms with Crippen LogP contribution in [0.4, 0.5) is 5.69 Å². The van der Waals surface area contributed by atoms with Gasteiger partial charge in [-0.2, -0.15) is 0 Å². The minimum absolute atomic E-state index is 0.0783. The van der Waals surface area contributed by atoms with Gasteiger partial charge in [0.15, 0.2) is 0 Å². The molecule has 0 aliphatic rings. The quantitative estimate of drug-likeness (QED) is 0.328. The van der Waals surface area contributed by atoms with E-state index in [-0.39, 0.29) is 28.9 Å². The zero-order chi connectivity index (χ0) is 27.1. The van der Waals surface area contributed by atoms with Crippen molar-refractivity contribution in [1.82, 2.24) is 0 Å². The minimum atomic E-state index is -0.679. The third kappa shape index (κ3) is 5.93. The summed E-state index contributed by atoms with van der Waals surface area (Å²) in [7, 11) is 1.23. The van der Waals surface area contributed by atoms with Crippen LogP contribution in [0.5, 0.6) is 0 Å². The highest BCUT2D eigenvalue weighted by Gasteiger charge is 2.21. The molecule has 4 aromatic carbocycles. The molecule has 38 heavy (non-hydrogen) atoms. The molecule has 0 radical (unpaired) electrons. The van der Waals surface area contributed by atoms with Crippen molar-refractivity contribution in [3.63, 3.8) is 0 Å². The Morgan fingerprint density at radius 3 is 2.16 bits per heavy atom. The maximum Gasteiger partial charge on any atom is 0.338 e. The molecule has 0 unspecified atom stereocenters. The van der Waals surface area contributed by atoms with Crippen LogP contribution in [0.3, 0.4) is 0 Å². The molecule has 8 heteroatoms. The standard InChI is InChI=1S/C30H24N2O6/c1-37-30(36)26-17-21(29(35)38-18-19-8-3-2-4-9-19)14-15-24(26)23-12-5-6-13-25(23)28(34)32-22-11-7-10-20(16-22)27(31)33/h2-17H,18H2,1H3,(H2,31,33)(H,32,34). The molecule has 4 aromatic rings. The van der Waals surface area contributed by atoms with E-state index in [1.807, 2.05) is 30.3 Å². The monoisotopic (exact) mass is 508 g/mol. The molecule has 4 rings (SSSR count). The van der Waals surface area contributed by atoms with Gasteiger partial charge in [-0.25, -0.2) is 9.59 Å². The van der Waals surface area contributed by atoms with Gasteiger partial charge in [-0.05, 0) is 53.1 Å². The van der Waals surface area contributed by atoms with Gasteiger partial charge in [0.05, 0.1) is 18.2 Å². The first-order valence-electron chi connectivity index (χ1n) is 11.6. The van der Waals surface area contributed by atoms with Crippen molar-refractivity contribution in [3.05, 3.63) is 125 Å². The van der Waals surface area contributed by atoms with E-state index in [0.29, 0.717) is 16.8 Å². The van der Waals surface area contributed by atoms with Crippen LogP contribution in [0.15, 0.2) is 97.1 Å². The first-order chi connectivity index (χ1) is 18.4. The number of nitrogens with two attached hydrogens (primary N) is 1. The highest BCUT2D eigenvalue weighted by Crippen LogP contribution is 2.30. The number of amides is 2. The van der Waals surface area contributed by atoms with Gasteiger partial charge < -0.3 is 20.5 Å². The second-order valence-corrected chi connectivity index (χ2v) is 8.26. The van der Waals surface area contributed by atoms with E-state index in [9.17, 15) is 19.2 Å². The van der Waals surface area contributed by atoms with Crippen molar-refractivity contribution in [2.75, 3.05) is 12.4 Å². The molecule has 190 valence electrons. The Bertz CT molecular complexity index is 1510. The molecule has 0 fully saturated rings. The summed E-state index contributed by atoms with van der Waals surface area (Å²) < 4.78 is 10.4. The normalized spacial score (nSPS) is 10.3. The molecule has 0 saturated heterocycles. The Morgan fingerprint density at radius 2 is 1.42 bits per heavy atom. The average molecular weight is 509 g/mol. The molecule has 3 N–H and O–H groups in total. The van der Waals surface area contributed by atoms with Crippen LogP contribution < -0.4 is 11.1 Å². The van der Waals surface area contributed by atoms with Crippen LogP contribution in [-0.2, 0) is 16.1 Å². The van der Waals surface area contributed by atoms with Gasteiger partial charge in [0.25, 0.3) is 5.91 Å². The van der Waals surface area contributed by atoms with Crippen LogP contribution >= 0.6 is 0 Å². The topological polar surface area (TPSA) is 125 Å². The molecule has 0 aromatic heterocycles. The van der Waals surface area contributed by atoms with Crippen molar-refractivity contribution < 1.29 is 28.7 Å². The number of esters is 2. The maximum atomic E-state index is 13.2. The smallest absolute Gasteiger partial charge is 0.338 e. The van der Waals surface area contributed by atoms with Crippen molar-refractivity contribution in [3.8, 4) is 11.1 Å². The predicted octanol–water partition coefficient (Wildman–Crippen LogP) is 4.85. The molecular formula is C30H24N2O6. The lowest BCUT2D eigenvalue weighted by Gasteiger charge is -2.14. The molecule has 0 bridgehead atoms. The van der Waals surface area contributed by atoms with E-state index in [1.165, 1.54) is 25.3 Å². The number of methoxy groups -OCH3 is 1. The molecule has 0 heterocycles. The average Bonchev–Trinajstić information content (AvgIpc) is 2.95. The molecule has 0 spiro atoms. The van der Waals surface area contributed by atoms with E-state index in [2.05, 4.69) is 5.32 Å². The Hall–Kier alpha value is -5.24. The van der Waals surface area contributed by atoms with Gasteiger partial charge in [0, 0.05) is 16.8 Å². The number of nitrogens with one attached hydrogen (secondary N) is 1. The van der Waals surface area contributed by atoms with Crippen LogP contribution in [-0.4, -0.2) is 30.9 Å². The Balaban J connectivity index is 1.65. The molecule has 8 nitrogen and oxygen atoms in total. The van der Waals surface area contributed by atoms with E-state index >= 15 is 0 Å². The van der Waals surface area contributed by atoms with Crippen LogP contribution in [0, 0.1) is 0 Å². The molecular weight excluding hydrogens is 484 g/mol. The fourth-order valence-corrected chi connectivity index (χ4v) is 3.86. The third-order valence-corrected chi connectivity index (χ3v) is 5.74. The van der Waals surface area contributed by atoms with Crippen molar-refractivity contribution in [2.45, 2.75) is 6.61 Å². The second kappa shape index (κ2) is 11.7. The number of benzene rings is 4. The SMILES string of the molecule is COC(=O)c1cc(C(=O)OCc2ccccc2)ccc1-c1ccccc1C(=O)Nc1cccc(C(N)=O)c1. The Morgan fingerprint density at radius 1 is 0.711 bits per heavy atom. The summed E-state index contributed by atoms with van der Waals surface area (Å²) in [5.74, 6) is -2.37. The largest absolute Gasteiger partial charge is 0.465 e. The molecule has 0 aliphatic heterocycles. The zero-order valence-corrected chi connectivity index (χ0v) is 20.5. The first kappa shape index (κ1) is 25.8. The van der Waals surface area contributed by atoms with Crippen molar-refractivity contribution in [2.24, 2.45) is 5.73 Å². The molecule has 2 amide bonds. The lowest BCUT2D eigenvalue weighted by molar-refractivity contribution is 0.0472. The van der Waals surface area contributed by atoms with E-state index in [1.54, 1.807) is 48.5 Å². The summed E-state index contributed by atoms with van der Waals surface area (Å²) in [4.78, 5) is 50.1. The van der Waals surface area contributed by atoms with Gasteiger partial charge in [-0.1, -0.05) is 60.7 Å². The summed E-state index contributed by atoms with van der Waals surface area (Å²) >= 11 is 0. The van der Waals surface area contributed by atoms with E-state index in [0.717, 1.165) is 5.56 Å². The van der Waals surface area contributed by atoms with Gasteiger partial charge >= 0.3 is 11.9 Å². The van der Waals surface area contributed by atoms with Crippen LogP contribution in [0.2, 0.25) is 0 Å². The van der Waals surface area contributed by atoms with Gasteiger partial charge in [-0.3, -0.25) is 9.59 Å². The Labute approximate surface area is 219 Å². The highest BCUT2D eigenvalue weighted by atomic mass is 16.5. The summed E-state index contributed by atoms with van der Waals surface area (Å²) in [5.41, 5.74) is 8.16. The number of hydrogen-bond acceptors (Lipinski definition) is 6. The number of carbonyl (C=O) groups is 4. The van der Waals surface area contributed by atoms with Gasteiger partial charge in [0.1, 0.15) is 6.61 Å². The minimum Gasteiger partial charge on any atom is -0.465 e. The molecule has 0 atom stereocenters. The highest BCUT2D eigenvalue weighted by molar-refractivity contribution is 6.11. The molecule has 0 aliphatic carbocycles. The van der Waals surface area contributed by atoms with E-state index < -0.39 is 23.8 Å². The number of carbonyl (C=O) groups excluding carboxylic acids is 4. The predicted molar refractivity (Wildman–Crippen MR) is 142 cm³/mol. The first-order valence-corrected chi connectivity index (χ1v) is 11.6. The lowest BCUT2D eigenvalue weighted by Crippen LogP contribution is -2.16. The molecule has 0 saturated carbocycles. The summed E-state index contributed by atoms with van der Waals surface area (Å²) in [6.07, 6.45) is 0. The number of anilines is 1. The van der Waals surface area contributed by atoms with Gasteiger partial charge in [0.2, 0.25) is 5.91 Å². The summed E-state index contributed by atoms with van der Waals surface area (Å²) in [5, 5.41) is 2.75. The summed E-state index contributed by atoms with van der Waals surface area (Å²) in [6.45, 7) is 0.0783. The number of hydrogen-bond donors (Lipinski definition) is 2. The fourth-order valence-electron chi connectivity index (χ4n) is 3.86. The van der Waals surface area contributed by atoms with Crippen LogP contribution in [0.25, 0.3) is 11.1 Å². The fraction of sp³-hybridized carbons (Fsp3) is 0.0667. The van der Waals surface area contributed by atoms with E-state index in [4.69, 9.17) is 15.2 Å². The second-order valence-electron chi connectivity index (χ2n) is 8.26. The summed E-state index contributed by atoms with van der Waals surface area (Å²) in [6, 6.07) is 26.7. The van der Waals surface area contributed by atoms with Gasteiger partial charge in [-0.15, -0.1) is 0 Å². The lowest BCUT2D eigenvalue weighted by atomic mass is 9.93.